The Kier molecular flexibility index (Phi) is 6.46. The van der Waals surface area contributed by atoms with Crippen LogP contribution in [0.15, 0.2) is 41.8 Å². The quantitative estimate of drug-likeness (QED) is 0.753. The molecule has 2 heterocycles. The number of carbonyl (C=O) groups is 3. The molecule has 148 valence electrons. The Morgan fingerprint density at radius 3 is 2.64 bits per heavy atom. The van der Waals surface area contributed by atoms with Crippen molar-refractivity contribution in [3.05, 3.63) is 52.2 Å². The summed E-state index contributed by atoms with van der Waals surface area (Å²) in [5.41, 5.74) is 1.83. The van der Waals surface area contributed by atoms with E-state index in [9.17, 15) is 14.4 Å². The van der Waals surface area contributed by atoms with Gasteiger partial charge in [0, 0.05) is 12.2 Å². The molecule has 0 aliphatic carbocycles. The van der Waals surface area contributed by atoms with Crippen LogP contribution in [0.4, 0.5) is 5.69 Å². The first-order valence-corrected chi connectivity index (χ1v) is 10.3. The molecule has 0 spiro atoms. The van der Waals surface area contributed by atoms with Crippen molar-refractivity contribution in [2.24, 2.45) is 0 Å². The van der Waals surface area contributed by atoms with Gasteiger partial charge in [-0.1, -0.05) is 25.1 Å². The van der Waals surface area contributed by atoms with Gasteiger partial charge in [-0.25, -0.2) is 4.79 Å². The molecular weight excluding hydrogens is 376 g/mol. The molecule has 6 nitrogen and oxygen atoms in total. The fraction of sp³-hybridized carbons (Fsp3) is 0.381. The predicted molar refractivity (Wildman–Crippen MR) is 108 cm³/mol. The Bertz CT molecular complexity index is 833. The second kappa shape index (κ2) is 9.01. The molecule has 2 aromatic rings. The van der Waals surface area contributed by atoms with E-state index in [4.69, 9.17) is 4.74 Å². The highest BCUT2D eigenvalue weighted by Gasteiger charge is 2.37. The summed E-state index contributed by atoms with van der Waals surface area (Å²) in [6, 6.07) is 10.4. The number of amides is 2. The Morgan fingerprint density at radius 2 is 2.00 bits per heavy atom. The van der Waals surface area contributed by atoms with Gasteiger partial charge in [-0.3, -0.25) is 9.59 Å². The monoisotopic (exact) mass is 400 g/mol. The van der Waals surface area contributed by atoms with Crippen molar-refractivity contribution in [3.63, 3.8) is 0 Å². The average Bonchev–Trinajstić information content (AvgIpc) is 3.40. The van der Waals surface area contributed by atoms with Gasteiger partial charge in [0.1, 0.15) is 6.04 Å². The van der Waals surface area contributed by atoms with Crippen LogP contribution < -0.4 is 5.32 Å². The molecule has 1 fully saturated rings. The first kappa shape index (κ1) is 20.1. The Morgan fingerprint density at radius 1 is 1.25 bits per heavy atom. The van der Waals surface area contributed by atoms with E-state index in [2.05, 4.69) is 12.2 Å². The van der Waals surface area contributed by atoms with E-state index < -0.39 is 24.0 Å². The molecule has 1 aromatic heterocycles. The number of aryl methyl sites for hydroxylation is 1. The van der Waals surface area contributed by atoms with Gasteiger partial charge in [0.15, 0.2) is 6.10 Å². The lowest BCUT2D eigenvalue weighted by atomic mass is 10.1. The molecule has 1 aliphatic heterocycles. The van der Waals surface area contributed by atoms with Gasteiger partial charge in [-0.2, -0.15) is 0 Å². The second-order valence-corrected chi connectivity index (χ2v) is 7.70. The fourth-order valence-corrected chi connectivity index (χ4v) is 3.85. The molecule has 2 amide bonds. The van der Waals surface area contributed by atoms with Crippen LogP contribution in [-0.4, -0.2) is 41.4 Å². The lowest BCUT2D eigenvalue weighted by Gasteiger charge is -2.24. The van der Waals surface area contributed by atoms with Gasteiger partial charge in [-0.15, -0.1) is 11.3 Å². The van der Waals surface area contributed by atoms with Crippen molar-refractivity contribution < 1.29 is 19.1 Å². The van der Waals surface area contributed by atoms with Gasteiger partial charge < -0.3 is 15.0 Å². The molecule has 28 heavy (non-hydrogen) atoms. The number of thiophene rings is 1. The van der Waals surface area contributed by atoms with Crippen LogP contribution in [0, 0.1) is 0 Å². The number of nitrogens with zero attached hydrogens (tertiary/aromatic N) is 1. The molecule has 0 radical (unpaired) electrons. The largest absolute Gasteiger partial charge is 0.451 e. The zero-order valence-electron chi connectivity index (χ0n) is 16.0. The topological polar surface area (TPSA) is 75.7 Å². The van der Waals surface area contributed by atoms with Crippen LogP contribution in [0.2, 0.25) is 0 Å². The van der Waals surface area contributed by atoms with Gasteiger partial charge >= 0.3 is 5.97 Å². The lowest BCUT2D eigenvalue weighted by molar-refractivity contribution is -0.156. The average molecular weight is 401 g/mol. The number of ether oxygens (including phenoxy) is 1. The maximum absolute atomic E-state index is 12.6. The number of likely N-dealkylation sites (tertiary alicyclic amines) is 1. The molecule has 0 bridgehead atoms. The van der Waals surface area contributed by atoms with Crippen molar-refractivity contribution in [2.75, 3.05) is 11.9 Å². The van der Waals surface area contributed by atoms with E-state index in [0.29, 0.717) is 23.5 Å². The number of esters is 1. The third kappa shape index (κ3) is 4.59. The number of hydrogen-bond acceptors (Lipinski definition) is 5. The van der Waals surface area contributed by atoms with Crippen molar-refractivity contribution in [1.82, 2.24) is 4.90 Å². The van der Waals surface area contributed by atoms with Crippen LogP contribution in [-0.2, 0) is 20.7 Å². The van der Waals surface area contributed by atoms with Crippen molar-refractivity contribution in [3.8, 4) is 0 Å². The summed E-state index contributed by atoms with van der Waals surface area (Å²) in [6.07, 6.45) is 1.26. The third-order valence-corrected chi connectivity index (χ3v) is 5.67. The highest BCUT2D eigenvalue weighted by Crippen LogP contribution is 2.23. The highest BCUT2D eigenvalue weighted by atomic mass is 32.1. The number of nitrogens with one attached hydrogen (secondary N) is 1. The van der Waals surface area contributed by atoms with Crippen LogP contribution in [0.3, 0.4) is 0 Å². The molecule has 0 saturated carbocycles. The zero-order chi connectivity index (χ0) is 20.1. The van der Waals surface area contributed by atoms with E-state index in [-0.39, 0.29) is 5.91 Å². The number of hydrogen-bond donors (Lipinski definition) is 1. The molecule has 1 N–H and O–H groups in total. The third-order valence-electron chi connectivity index (χ3n) is 4.81. The van der Waals surface area contributed by atoms with E-state index in [1.165, 1.54) is 23.8 Å². The van der Waals surface area contributed by atoms with E-state index in [1.54, 1.807) is 17.0 Å². The summed E-state index contributed by atoms with van der Waals surface area (Å²) in [6.45, 7) is 4.11. The van der Waals surface area contributed by atoms with Crippen LogP contribution in [0.1, 0.15) is 41.9 Å². The summed E-state index contributed by atoms with van der Waals surface area (Å²) < 4.78 is 5.37. The number of carbonyl (C=O) groups excluding carboxylic acids is 3. The van der Waals surface area contributed by atoms with Gasteiger partial charge in [-0.05, 0) is 55.3 Å². The Labute approximate surface area is 168 Å². The molecule has 3 rings (SSSR count). The smallest absolute Gasteiger partial charge is 0.329 e. The standard InChI is InChI=1S/C21H24N2O4S/c1-3-15-8-10-16(11-9-15)22-19(24)14(2)27-21(26)17-6-4-12-23(17)20(25)18-7-5-13-28-18/h5,7-11,13-14,17H,3-4,6,12H2,1-2H3,(H,22,24)/t14-,17-/m0/s1. The molecule has 1 aromatic carbocycles. The highest BCUT2D eigenvalue weighted by molar-refractivity contribution is 7.12. The normalized spacial score (nSPS) is 17.2. The number of anilines is 1. The second-order valence-electron chi connectivity index (χ2n) is 6.75. The summed E-state index contributed by atoms with van der Waals surface area (Å²) in [7, 11) is 0. The molecule has 1 aliphatic rings. The van der Waals surface area contributed by atoms with Crippen LogP contribution >= 0.6 is 11.3 Å². The first-order valence-electron chi connectivity index (χ1n) is 9.44. The maximum Gasteiger partial charge on any atom is 0.329 e. The van der Waals surface area contributed by atoms with Crippen LogP contribution in [0.25, 0.3) is 0 Å². The number of benzene rings is 1. The minimum Gasteiger partial charge on any atom is -0.451 e. The van der Waals surface area contributed by atoms with E-state index >= 15 is 0 Å². The van der Waals surface area contributed by atoms with Gasteiger partial charge in [0.2, 0.25) is 0 Å². The van der Waals surface area contributed by atoms with Gasteiger partial charge in [0.05, 0.1) is 4.88 Å². The van der Waals surface area contributed by atoms with E-state index in [1.807, 2.05) is 29.6 Å². The van der Waals surface area contributed by atoms with Crippen molar-refractivity contribution in [2.45, 2.75) is 45.3 Å². The van der Waals surface area contributed by atoms with E-state index in [0.717, 1.165) is 12.8 Å². The Balaban J connectivity index is 1.57. The molecule has 2 atom stereocenters. The predicted octanol–water partition coefficient (Wildman–Crippen LogP) is 3.49. The Hall–Kier alpha value is -2.67. The molecular formula is C21H24N2O4S. The number of rotatable bonds is 6. The maximum atomic E-state index is 12.6. The molecule has 7 heteroatoms. The zero-order valence-corrected chi connectivity index (χ0v) is 16.8. The molecule has 0 unspecified atom stereocenters. The van der Waals surface area contributed by atoms with Gasteiger partial charge in [0.25, 0.3) is 11.8 Å². The molecule has 1 saturated heterocycles. The summed E-state index contributed by atoms with van der Waals surface area (Å²) in [5.74, 6) is -1.10. The first-order chi connectivity index (χ1) is 13.5. The van der Waals surface area contributed by atoms with Crippen LogP contribution in [0.5, 0.6) is 0 Å². The summed E-state index contributed by atoms with van der Waals surface area (Å²) in [5, 5.41) is 4.58. The summed E-state index contributed by atoms with van der Waals surface area (Å²) in [4.78, 5) is 39.7. The minimum atomic E-state index is -0.947. The minimum absolute atomic E-state index is 0.164. The van der Waals surface area contributed by atoms with Crippen molar-refractivity contribution >= 4 is 34.8 Å². The van der Waals surface area contributed by atoms with Crippen molar-refractivity contribution in [1.29, 1.82) is 0 Å². The SMILES string of the molecule is CCc1ccc(NC(=O)[C@H](C)OC(=O)[C@@H]2CCCN2C(=O)c2cccs2)cc1. The fourth-order valence-electron chi connectivity index (χ4n) is 3.17. The summed E-state index contributed by atoms with van der Waals surface area (Å²) >= 11 is 1.35. The lowest BCUT2D eigenvalue weighted by Crippen LogP contribution is -2.43.